The molecule has 0 spiro atoms. The number of hydrogen-bond acceptors (Lipinski definition) is 1. The van der Waals surface area contributed by atoms with E-state index in [1.807, 2.05) is 19.1 Å². The Morgan fingerprint density at radius 1 is 1.26 bits per heavy atom. The smallest absolute Gasteiger partial charge is 0.169 e. The van der Waals surface area contributed by atoms with E-state index in [-0.39, 0.29) is 0 Å². The van der Waals surface area contributed by atoms with E-state index in [0.717, 1.165) is 39.6 Å². The molecule has 3 nitrogen and oxygen atoms in total. The van der Waals surface area contributed by atoms with Gasteiger partial charge in [0.15, 0.2) is 12.4 Å². The quantitative estimate of drug-likeness (QED) is 0.712. The number of halogens is 1. The molecule has 0 aliphatic heterocycles. The Bertz CT molecular complexity index is 690. The number of aromatic nitrogens is 3. The fraction of sp³-hybridized carbons (Fsp3) is 0.200. The number of rotatable bonds is 2. The van der Waals surface area contributed by atoms with E-state index >= 15 is 0 Å². The molecule has 0 bridgehead atoms. The monoisotopic (exact) mass is 272 g/mol. The molecular formula is C15H15ClN3+. The van der Waals surface area contributed by atoms with Crippen molar-refractivity contribution in [3.05, 3.63) is 47.2 Å². The average molecular weight is 273 g/mol. The molecule has 0 radical (unpaired) electrons. The lowest BCUT2D eigenvalue weighted by molar-refractivity contribution is -0.693. The Balaban J connectivity index is 2.09. The van der Waals surface area contributed by atoms with Gasteiger partial charge in [-0.2, -0.15) is 0 Å². The second-order valence-corrected chi connectivity index (χ2v) is 5.03. The van der Waals surface area contributed by atoms with Gasteiger partial charge in [0.05, 0.1) is 11.0 Å². The number of aromatic amines is 1. The van der Waals surface area contributed by atoms with Crippen LogP contribution in [0.15, 0.2) is 36.7 Å². The molecule has 0 aliphatic rings. The summed E-state index contributed by atoms with van der Waals surface area (Å²) in [4.78, 5) is 7.93. The summed E-state index contributed by atoms with van der Waals surface area (Å²) in [5.74, 6) is 0.875. The first-order valence-corrected chi connectivity index (χ1v) is 6.70. The van der Waals surface area contributed by atoms with Crippen molar-refractivity contribution < 1.29 is 4.57 Å². The minimum atomic E-state index is 0.752. The van der Waals surface area contributed by atoms with Crippen LogP contribution in [0.25, 0.3) is 22.4 Å². The van der Waals surface area contributed by atoms with Gasteiger partial charge in [0, 0.05) is 22.7 Å². The molecule has 1 N–H and O–H groups in total. The summed E-state index contributed by atoms with van der Waals surface area (Å²) in [6, 6.07) is 8.07. The summed E-state index contributed by atoms with van der Waals surface area (Å²) >= 11 is 6.13. The molecule has 0 unspecified atom stereocenters. The molecule has 3 rings (SSSR count). The zero-order valence-electron chi connectivity index (χ0n) is 10.9. The molecule has 0 amide bonds. The summed E-state index contributed by atoms with van der Waals surface area (Å²) in [6.45, 7) is 5.08. The molecule has 1 aromatic carbocycles. The van der Waals surface area contributed by atoms with Crippen LogP contribution in [-0.2, 0) is 6.54 Å². The summed E-state index contributed by atoms with van der Waals surface area (Å²) in [5.41, 5.74) is 4.05. The van der Waals surface area contributed by atoms with E-state index < -0.39 is 0 Å². The van der Waals surface area contributed by atoms with Crippen molar-refractivity contribution in [1.82, 2.24) is 9.97 Å². The molecule has 2 heterocycles. The van der Waals surface area contributed by atoms with Crippen molar-refractivity contribution >= 4 is 22.6 Å². The van der Waals surface area contributed by atoms with E-state index in [2.05, 4.69) is 46.0 Å². The van der Waals surface area contributed by atoms with Crippen LogP contribution < -0.4 is 4.57 Å². The Morgan fingerprint density at radius 3 is 2.68 bits per heavy atom. The van der Waals surface area contributed by atoms with Gasteiger partial charge in [-0.3, -0.25) is 0 Å². The second-order valence-electron chi connectivity index (χ2n) is 4.62. The first-order chi connectivity index (χ1) is 9.17. The molecule has 3 aromatic rings. The average Bonchev–Trinajstić information content (AvgIpc) is 2.82. The maximum absolute atomic E-state index is 6.13. The lowest BCUT2D eigenvalue weighted by Crippen LogP contribution is -2.30. The van der Waals surface area contributed by atoms with Crippen LogP contribution in [0.2, 0.25) is 5.02 Å². The van der Waals surface area contributed by atoms with Crippen LogP contribution in [-0.4, -0.2) is 9.97 Å². The van der Waals surface area contributed by atoms with Crippen molar-refractivity contribution in [2.75, 3.05) is 0 Å². The SMILES string of the molecule is CC[n+]1ccc(-c2nc3cc(Cl)c(C)cc3[nH]2)cc1. The van der Waals surface area contributed by atoms with Gasteiger partial charge in [-0.15, -0.1) is 0 Å². The number of hydrogen-bond donors (Lipinski definition) is 1. The van der Waals surface area contributed by atoms with Crippen molar-refractivity contribution in [3.8, 4) is 11.4 Å². The number of nitrogens with zero attached hydrogens (tertiary/aromatic N) is 2. The number of imidazole rings is 1. The van der Waals surface area contributed by atoms with Crippen LogP contribution >= 0.6 is 11.6 Å². The van der Waals surface area contributed by atoms with Gasteiger partial charge < -0.3 is 4.98 Å². The van der Waals surface area contributed by atoms with Crippen LogP contribution in [0, 0.1) is 6.92 Å². The molecule has 4 heteroatoms. The minimum Gasteiger partial charge on any atom is -0.338 e. The molecule has 0 fully saturated rings. The van der Waals surface area contributed by atoms with E-state index in [4.69, 9.17) is 11.6 Å². The molecule has 0 saturated heterocycles. The number of nitrogens with one attached hydrogen (secondary N) is 1. The van der Waals surface area contributed by atoms with E-state index in [1.54, 1.807) is 0 Å². The minimum absolute atomic E-state index is 0.752. The highest BCUT2D eigenvalue weighted by Gasteiger charge is 2.08. The van der Waals surface area contributed by atoms with Gasteiger partial charge in [0.25, 0.3) is 0 Å². The fourth-order valence-electron chi connectivity index (χ4n) is 2.10. The molecular weight excluding hydrogens is 258 g/mol. The summed E-state index contributed by atoms with van der Waals surface area (Å²) in [7, 11) is 0. The molecule has 96 valence electrons. The maximum Gasteiger partial charge on any atom is 0.169 e. The van der Waals surface area contributed by atoms with Gasteiger partial charge >= 0.3 is 0 Å². The van der Waals surface area contributed by atoms with Crippen molar-refractivity contribution in [2.45, 2.75) is 20.4 Å². The number of H-pyrrole nitrogens is 1. The number of benzene rings is 1. The highest BCUT2D eigenvalue weighted by atomic mass is 35.5. The highest BCUT2D eigenvalue weighted by Crippen LogP contribution is 2.24. The van der Waals surface area contributed by atoms with Gasteiger partial charge in [-0.05, 0) is 31.5 Å². The van der Waals surface area contributed by atoms with Gasteiger partial charge in [-0.25, -0.2) is 9.55 Å². The van der Waals surface area contributed by atoms with Crippen molar-refractivity contribution in [2.24, 2.45) is 0 Å². The predicted octanol–water partition coefficient (Wildman–Crippen LogP) is 3.50. The lowest BCUT2D eigenvalue weighted by atomic mass is 10.2. The standard InChI is InChI=1S/C15H14ClN3/c1-3-19-6-4-11(5-7-19)15-17-13-8-10(2)12(16)9-14(13)18-15/h4-9H,3H2,1-2H3/p+1. The van der Waals surface area contributed by atoms with E-state index in [1.165, 1.54) is 0 Å². The Hall–Kier alpha value is -1.87. The summed E-state index contributed by atoms with van der Waals surface area (Å²) < 4.78 is 2.12. The number of fused-ring (bicyclic) bond motifs is 1. The van der Waals surface area contributed by atoms with Crippen LogP contribution in [0.3, 0.4) is 0 Å². The van der Waals surface area contributed by atoms with Gasteiger partial charge in [-0.1, -0.05) is 11.6 Å². The maximum atomic E-state index is 6.13. The Morgan fingerprint density at radius 2 is 2.00 bits per heavy atom. The molecule has 2 aromatic heterocycles. The molecule has 0 atom stereocenters. The zero-order chi connectivity index (χ0) is 13.4. The summed E-state index contributed by atoms with van der Waals surface area (Å²) in [5, 5.41) is 0.752. The highest BCUT2D eigenvalue weighted by molar-refractivity contribution is 6.32. The third kappa shape index (κ3) is 2.22. The third-order valence-corrected chi connectivity index (χ3v) is 3.70. The fourth-order valence-corrected chi connectivity index (χ4v) is 2.26. The normalized spacial score (nSPS) is 11.1. The predicted molar refractivity (Wildman–Crippen MR) is 77.1 cm³/mol. The van der Waals surface area contributed by atoms with Gasteiger partial charge in [0.2, 0.25) is 0 Å². The van der Waals surface area contributed by atoms with E-state index in [9.17, 15) is 0 Å². The second kappa shape index (κ2) is 4.67. The first-order valence-electron chi connectivity index (χ1n) is 6.32. The topological polar surface area (TPSA) is 32.6 Å². The van der Waals surface area contributed by atoms with Crippen molar-refractivity contribution in [3.63, 3.8) is 0 Å². The molecule has 0 aliphatic carbocycles. The van der Waals surface area contributed by atoms with E-state index in [0.29, 0.717) is 0 Å². The largest absolute Gasteiger partial charge is 0.338 e. The third-order valence-electron chi connectivity index (χ3n) is 3.29. The number of aryl methyl sites for hydroxylation is 2. The first kappa shape index (κ1) is 12.2. The van der Waals surface area contributed by atoms with Crippen LogP contribution in [0.4, 0.5) is 0 Å². The zero-order valence-corrected chi connectivity index (χ0v) is 11.7. The molecule has 0 saturated carbocycles. The van der Waals surface area contributed by atoms with Crippen LogP contribution in [0.5, 0.6) is 0 Å². The Labute approximate surface area is 116 Å². The lowest BCUT2D eigenvalue weighted by Gasteiger charge is -1.95. The van der Waals surface area contributed by atoms with Crippen molar-refractivity contribution in [1.29, 1.82) is 0 Å². The Kier molecular flexibility index (Phi) is 2.99. The van der Waals surface area contributed by atoms with Gasteiger partial charge in [0.1, 0.15) is 12.4 Å². The van der Waals surface area contributed by atoms with Crippen LogP contribution in [0.1, 0.15) is 12.5 Å². The summed E-state index contributed by atoms with van der Waals surface area (Å²) in [6.07, 6.45) is 4.11. The molecule has 19 heavy (non-hydrogen) atoms. The number of pyridine rings is 1.